The molecule has 8 heteroatoms. The first-order valence-corrected chi connectivity index (χ1v) is 5.61. The van der Waals surface area contributed by atoms with E-state index in [0.717, 1.165) is 0 Å². The Morgan fingerprint density at radius 3 is 2.50 bits per heavy atom. The number of hydrogen-bond donors (Lipinski definition) is 1. The van der Waals surface area contributed by atoms with Crippen molar-refractivity contribution < 1.29 is 18.5 Å². The van der Waals surface area contributed by atoms with E-state index in [0.29, 0.717) is 12.1 Å². The van der Waals surface area contributed by atoms with Crippen LogP contribution in [-0.2, 0) is 4.79 Å². The van der Waals surface area contributed by atoms with E-state index in [4.69, 9.17) is 5.26 Å². The lowest BCUT2D eigenvalue weighted by Gasteiger charge is -2.13. The summed E-state index contributed by atoms with van der Waals surface area (Å²) in [4.78, 5) is 21.5. The third-order valence-corrected chi connectivity index (χ3v) is 2.57. The van der Waals surface area contributed by atoms with Gasteiger partial charge in [-0.3, -0.25) is 14.9 Å². The second-order valence-electron chi connectivity index (χ2n) is 4.38. The fourth-order valence-electron chi connectivity index (χ4n) is 1.54. The number of halogens is 2. The van der Waals surface area contributed by atoms with Crippen LogP contribution in [0.2, 0.25) is 0 Å². The van der Waals surface area contributed by atoms with Crippen LogP contribution in [0.5, 0.6) is 0 Å². The van der Waals surface area contributed by atoms with Crippen molar-refractivity contribution in [3.8, 4) is 6.07 Å². The third kappa shape index (κ3) is 3.26. The minimum Gasteiger partial charge on any atom is -0.317 e. The van der Waals surface area contributed by atoms with Crippen molar-refractivity contribution in [2.24, 2.45) is 11.8 Å². The monoisotopic (exact) mass is 283 g/mol. The maximum absolute atomic E-state index is 13.6. The number of hydrogen-bond acceptors (Lipinski definition) is 4. The molecule has 0 aliphatic rings. The van der Waals surface area contributed by atoms with Crippen molar-refractivity contribution in [1.29, 1.82) is 5.26 Å². The minimum absolute atomic E-state index is 0.359. The largest absolute Gasteiger partial charge is 0.317 e. The van der Waals surface area contributed by atoms with Crippen molar-refractivity contribution in [2.45, 2.75) is 13.8 Å². The van der Waals surface area contributed by atoms with Crippen molar-refractivity contribution in [2.75, 3.05) is 5.32 Å². The van der Waals surface area contributed by atoms with Gasteiger partial charge in [0.15, 0.2) is 11.5 Å². The summed E-state index contributed by atoms with van der Waals surface area (Å²) in [7, 11) is 0. The fraction of sp³-hybridized carbons (Fsp3) is 0.333. The molecule has 20 heavy (non-hydrogen) atoms. The summed E-state index contributed by atoms with van der Waals surface area (Å²) in [5.74, 6) is -4.74. The first-order chi connectivity index (χ1) is 9.27. The lowest BCUT2D eigenvalue weighted by molar-refractivity contribution is -0.384. The van der Waals surface area contributed by atoms with Gasteiger partial charge in [0.2, 0.25) is 5.91 Å². The van der Waals surface area contributed by atoms with E-state index in [1.54, 1.807) is 19.9 Å². The molecule has 1 unspecified atom stereocenters. The molecule has 0 fully saturated rings. The number of anilines is 1. The highest BCUT2D eigenvalue weighted by Crippen LogP contribution is 2.29. The topological polar surface area (TPSA) is 96.0 Å². The zero-order valence-electron chi connectivity index (χ0n) is 10.7. The second-order valence-corrected chi connectivity index (χ2v) is 4.38. The molecule has 1 atom stereocenters. The number of rotatable bonds is 4. The molecule has 1 amide bonds. The molecule has 0 aliphatic heterocycles. The van der Waals surface area contributed by atoms with Gasteiger partial charge in [-0.05, 0) is 5.92 Å². The van der Waals surface area contributed by atoms with E-state index < -0.39 is 39.8 Å². The van der Waals surface area contributed by atoms with Crippen molar-refractivity contribution >= 4 is 17.3 Å². The molecule has 1 aromatic rings. The molecule has 1 N–H and O–H groups in total. The molecular formula is C12H11F2N3O3. The lowest BCUT2D eigenvalue weighted by atomic mass is 9.96. The number of nitrogens with one attached hydrogen (secondary N) is 1. The van der Waals surface area contributed by atoms with Gasteiger partial charge in [-0.1, -0.05) is 13.8 Å². The standard InChI is InChI=1S/C12H11F2N3O3/c1-6(2)8(5-15)12(18)16-11-9(14)3-7(13)4-10(11)17(19)20/h3-4,6,8H,1-2H3,(H,16,18). The number of nitro groups is 1. The summed E-state index contributed by atoms with van der Waals surface area (Å²) in [5.41, 5.74) is -1.65. The zero-order valence-corrected chi connectivity index (χ0v) is 10.7. The average Bonchev–Trinajstić information content (AvgIpc) is 2.32. The molecule has 0 saturated heterocycles. The van der Waals surface area contributed by atoms with E-state index in [-0.39, 0.29) is 5.92 Å². The van der Waals surface area contributed by atoms with Crippen LogP contribution < -0.4 is 5.32 Å². The van der Waals surface area contributed by atoms with Gasteiger partial charge in [0.1, 0.15) is 11.7 Å². The molecule has 0 bridgehead atoms. The van der Waals surface area contributed by atoms with E-state index in [1.807, 2.05) is 5.32 Å². The highest BCUT2D eigenvalue weighted by molar-refractivity contribution is 5.96. The van der Waals surface area contributed by atoms with Gasteiger partial charge in [-0.2, -0.15) is 5.26 Å². The zero-order chi connectivity index (χ0) is 15.4. The Bertz CT molecular complexity index is 596. The van der Waals surface area contributed by atoms with Crippen molar-refractivity contribution in [3.05, 3.63) is 33.9 Å². The fourth-order valence-corrected chi connectivity index (χ4v) is 1.54. The van der Waals surface area contributed by atoms with Crippen LogP contribution in [-0.4, -0.2) is 10.8 Å². The predicted octanol–water partition coefficient (Wildman–Crippen LogP) is 2.61. The summed E-state index contributed by atoms with van der Waals surface area (Å²) >= 11 is 0. The number of nitro benzene ring substituents is 1. The Hall–Kier alpha value is -2.56. The maximum Gasteiger partial charge on any atom is 0.298 e. The van der Waals surface area contributed by atoms with Gasteiger partial charge in [-0.25, -0.2) is 8.78 Å². The van der Waals surface area contributed by atoms with E-state index in [2.05, 4.69) is 0 Å². The SMILES string of the molecule is CC(C)C(C#N)C(=O)Nc1c(F)cc(F)cc1[N+](=O)[O-]. The van der Waals surface area contributed by atoms with Gasteiger partial charge in [0, 0.05) is 6.07 Å². The Balaban J connectivity index is 3.19. The van der Waals surface area contributed by atoms with Crippen LogP contribution in [0, 0.1) is 44.9 Å². The molecule has 0 spiro atoms. The molecule has 1 rings (SSSR count). The Labute approximate surface area is 113 Å². The van der Waals surface area contributed by atoms with Crippen LogP contribution in [0.1, 0.15) is 13.8 Å². The number of benzene rings is 1. The van der Waals surface area contributed by atoms with Gasteiger partial charge < -0.3 is 5.32 Å². The number of nitrogens with zero attached hydrogens (tertiary/aromatic N) is 2. The molecular weight excluding hydrogens is 272 g/mol. The first-order valence-electron chi connectivity index (χ1n) is 5.61. The second kappa shape index (κ2) is 6.06. The molecule has 0 saturated carbocycles. The van der Waals surface area contributed by atoms with Crippen LogP contribution in [0.15, 0.2) is 12.1 Å². The number of amides is 1. The quantitative estimate of drug-likeness (QED) is 0.678. The molecule has 0 aliphatic carbocycles. The van der Waals surface area contributed by atoms with Crippen molar-refractivity contribution in [3.63, 3.8) is 0 Å². The maximum atomic E-state index is 13.6. The summed E-state index contributed by atoms with van der Waals surface area (Å²) in [6.45, 7) is 3.20. The summed E-state index contributed by atoms with van der Waals surface area (Å²) in [6.07, 6.45) is 0. The van der Waals surface area contributed by atoms with Gasteiger partial charge in [0.05, 0.1) is 17.1 Å². The average molecular weight is 283 g/mol. The molecule has 0 heterocycles. The van der Waals surface area contributed by atoms with Gasteiger partial charge in [-0.15, -0.1) is 0 Å². The smallest absolute Gasteiger partial charge is 0.298 e. The molecule has 0 radical (unpaired) electrons. The van der Waals surface area contributed by atoms with Crippen molar-refractivity contribution in [1.82, 2.24) is 0 Å². The molecule has 1 aromatic carbocycles. The highest BCUT2D eigenvalue weighted by atomic mass is 19.1. The lowest BCUT2D eigenvalue weighted by Crippen LogP contribution is -2.26. The minimum atomic E-state index is -1.27. The van der Waals surface area contributed by atoms with Gasteiger partial charge in [0.25, 0.3) is 5.69 Å². The Morgan fingerprint density at radius 2 is 2.05 bits per heavy atom. The molecule has 0 aromatic heterocycles. The van der Waals surface area contributed by atoms with Crippen LogP contribution in [0.4, 0.5) is 20.2 Å². The summed E-state index contributed by atoms with van der Waals surface area (Å²) in [6, 6.07) is 2.63. The van der Waals surface area contributed by atoms with Gasteiger partial charge >= 0.3 is 0 Å². The number of carbonyl (C=O) groups is 1. The Kier molecular flexibility index (Phi) is 4.69. The summed E-state index contributed by atoms with van der Waals surface area (Å²) < 4.78 is 26.5. The Morgan fingerprint density at radius 1 is 1.45 bits per heavy atom. The third-order valence-electron chi connectivity index (χ3n) is 2.57. The molecule has 106 valence electrons. The van der Waals surface area contributed by atoms with E-state index in [9.17, 15) is 23.7 Å². The first kappa shape index (κ1) is 15.5. The van der Waals surface area contributed by atoms with E-state index in [1.165, 1.54) is 0 Å². The van der Waals surface area contributed by atoms with Crippen LogP contribution in [0.25, 0.3) is 0 Å². The predicted molar refractivity (Wildman–Crippen MR) is 65.6 cm³/mol. The highest BCUT2D eigenvalue weighted by Gasteiger charge is 2.27. The normalized spacial score (nSPS) is 11.8. The van der Waals surface area contributed by atoms with Crippen LogP contribution >= 0.6 is 0 Å². The van der Waals surface area contributed by atoms with E-state index >= 15 is 0 Å². The summed E-state index contributed by atoms with van der Waals surface area (Å²) in [5, 5.41) is 21.6. The number of carbonyl (C=O) groups excluding carboxylic acids is 1. The molecule has 6 nitrogen and oxygen atoms in total. The number of nitriles is 1. The van der Waals surface area contributed by atoms with Crippen LogP contribution in [0.3, 0.4) is 0 Å².